The lowest BCUT2D eigenvalue weighted by atomic mass is 10.1. The van der Waals surface area contributed by atoms with Crippen LogP contribution in [0.3, 0.4) is 0 Å². The largest absolute Gasteiger partial charge is 0.385 e. The van der Waals surface area contributed by atoms with Crippen LogP contribution in [0.5, 0.6) is 0 Å². The van der Waals surface area contributed by atoms with Crippen molar-refractivity contribution in [1.29, 1.82) is 0 Å². The summed E-state index contributed by atoms with van der Waals surface area (Å²) >= 11 is 1.25. The van der Waals surface area contributed by atoms with Crippen LogP contribution in [-0.2, 0) is 0 Å². The quantitative estimate of drug-likeness (QED) is 0.631. The zero-order valence-electron chi connectivity index (χ0n) is 11.3. The van der Waals surface area contributed by atoms with E-state index in [4.69, 9.17) is 0 Å². The van der Waals surface area contributed by atoms with Crippen molar-refractivity contribution < 1.29 is 9.72 Å². The van der Waals surface area contributed by atoms with Gasteiger partial charge in [-0.2, -0.15) is 0 Å². The van der Waals surface area contributed by atoms with E-state index in [-0.39, 0.29) is 11.3 Å². The minimum absolute atomic E-state index is 0.0105. The Morgan fingerprint density at radius 2 is 2.29 bits per heavy atom. The summed E-state index contributed by atoms with van der Waals surface area (Å²) in [7, 11) is 0. The van der Waals surface area contributed by atoms with Gasteiger partial charge in [-0.15, -0.1) is 11.3 Å². The van der Waals surface area contributed by atoms with Gasteiger partial charge >= 0.3 is 0 Å². The number of nitrogens with one attached hydrogen (secondary N) is 2. The molecule has 0 saturated carbocycles. The van der Waals surface area contributed by atoms with Crippen LogP contribution in [0, 0.1) is 10.1 Å². The second kappa shape index (κ2) is 6.80. The molecule has 0 radical (unpaired) electrons. The summed E-state index contributed by atoms with van der Waals surface area (Å²) in [6.45, 7) is 2.74. The second-order valence-electron chi connectivity index (χ2n) is 4.21. The zero-order valence-corrected chi connectivity index (χ0v) is 12.1. The van der Waals surface area contributed by atoms with Crippen molar-refractivity contribution in [1.82, 2.24) is 4.98 Å². The monoisotopic (exact) mass is 306 g/mol. The number of amides is 1. The van der Waals surface area contributed by atoms with Crippen molar-refractivity contribution in [2.45, 2.75) is 13.3 Å². The first-order valence-corrected chi connectivity index (χ1v) is 7.23. The molecule has 0 aliphatic carbocycles. The van der Waals surface area contributed by atoms with Gasteiger partial charge in [-0.3, -0.25) is 20.2 Å². The molecule has 110 valence electrons. The maximum atomic E-state index is 12.2. The van der Waals surface area contributed by atoms with E-state index in [2.05, 4.69) is 15.6 Å². The van der Waals surface area contributed by atoms with Gasteiger partial charge in [-0.05, 0) is 18.6 Å². The Hall–Kier alpha value is -2.48. The van der Waals surface area contributed by atoms with Gasteiger partial charge in [0.05, 0.1) is 4.92 Å². The minimum atomic E-state index is -0.569. The van der Waals surface area contributed by atoms with E-state index in [9.17, 15) is 14.9 Å². The van der Waals surface area contributed by atoms with E-state index in [1.807, 2.05) is 6.92 Å². The summed E-state index contributed by atoms with van der Waals surface area (Å²) in [5, 5.41) is 18.8. The molecule has 2 rings (SSSR count). The number of carbonyl (C=O) groups is 1. The normalized spacial score (nSPS) is 10.1. The summed E-state index contributed by atoms with van der Waals surface area (Å²) in [6.07, 6.45) is 2.46. The lowest BCUT2D eigenvalue weighted by molar-refractivity contribution is -0.385. The molecule has 0 aliphatic rings. The van der Waals surface area contributed by atoms with Crippen LogP contribution in [0.4, 0.5) is 16.5 Å². The smallest absolute Gasteiger partial charge is 0.282 e. The number of nitro benzene ring substituents is 1. The molecule has 0 fully saturated rings. The van der Waals surface area contributed by atoms with Gasteiger partial charge < -0.3 is 5.32 Å². The zero-order chi connectivity index (χ0) is 15.2. The van der Waals surface area contributed by atoms with Gasteiger partial charge in [0.1, 0.15) is 5.56 Å². The summed E-state index contributed by atoms with van der Waals surface area (Å²) in [5.74, 6) is -0.545. The van der Waals surface area contributed by atoms with E-state index in [0.717, 1.165) is 13.0 Å². The number of benzene rings is 1. The van der Waals surface area contributed by atoms with Crippen molar-refractivity contribution in [3.63, 3.8) is 0 Å². The number of nitro groups is 1. The van der Waals surface area contributed by atoms with Gasteiger partial charge in [-0.1, -0.05) is 6.92 Å². The Morgan fingerprint density at radius 3 is 2.90 bits per heavy atom. The fourth-order valence-electron chi connectivity index (χ4n) is 1.71. The molecular weight excluding hydrogens is 292 g/mol. The molecular formula is C13H14N4O3S. The minimum Gasteiger partial charge on any atom is -0.385 e. The highest BCUT2D eigenvalue weighted by atomic mass is 32.1. The van der Waals surface area contributed by atoms with Crippen molar-refractivity contribution in [3.05, 3.63) is 45.5 Å². The van der Waals surface area contributed by atoms with Crippen LogP contribution in [-0.4, -0.2) is 22.4 Å². The predicted octanol–water partition coefficient (Wildman–Crippen LogP) is 3.13. The molecule has 8 heteroatoms. The summed E-state index contributed by atoms with van der Waals surface area (Å²) in [5.41, 5.74) is 0.453. The fraction of sp³-hybridized carbons (Fsp3) is 0.231. The van der Waals surface area contributed by atoms with Gasteiger partial charge in [0.25, 0.3) is 11.6 Å². The second-order valence-corrected chi connectivity index (χ2v) is 5.10. The lowest BCUT2D eigenvalue weighted by Crippen LogP contribution is -2.14. The van der Waals surface area contributed by atoms with Crippen molar-refractivity contribution in [2.75, 3.05) is 17.2 Å². The van der Waals surface area contributed by atoms with E-state index in [0.29, 0.717) is 10.8 Å². The van der Waals surface area contributed by atoms with E-state index in [1.54, 1.807) is 17.6 Å². The standard InChI is InChI=1S/C13H14N4O3S/c1-2-5-14-9-3-4-11(17(19)20)10(8-9)12(18)16-13-15-6-7-21-13/h3-4,6-8,14H,2,5H2,1H3,(H,15,16,18). The highest BCUT2D eigenvalue weighted by Gasteiger charge is 2.21. The van der Waals surface area contributed by atoms with Gasteiger partial charge in [-0.25, -0.2) is 4.98 Å². The molecule has 1 amide bonds. The number of anilines is 2. The highest BCUT2D eigenvalue weighted by molar-refractivity contribution is 7.13. The molecule has 0 atom stereocenters. The van der Waals surface area contributed by atoms with Crippen LogP contribution in [0.15, 0.2) is 29.8 Å². The SMILES string of the molecule is CCCNc1ccc([N+](=O)[O-])c(C(=O)Nc2nccs2)c1. The number of hydrogen-bond donors (Lipinski definition) is 2. The Morgan fingerprint density at radius 1 is 1.48 bits per heavy atom. The Bertz CT molecular complexity index is 643. The number of nitrogens with zero attached hydrogens (tertiary/aromatic N) is 2. The third kappa shape index (κ3) is 3.76. The number of hydrogen-bond acceptors (Lipinski definition) is 6. The maximum absolute atomic E-state index is 12.2. The molecule has 1 aromatic heterocycles. The Labute approximate surface area is 125 Å². The highest BCUT2D eigenvalue weighted by Crippen LogP contribution is 2.24. The summed E-state index contributed by atoms with van der Waals surface area (Å²) < 4.78 is 0. The van der Waals surface area contributed by atoms with Crippen molar-refractivity contribution in [2.24, 2.45) is 0 Å². The fourth-order valence-corrected chi connectivity index (χ4v) is 2.23. The van der Waals surface area contributed by atoms with Gasteiger partial charge in [0, 0.05) is 29.9 Å². The maximum Gasteiger partial charge on any atom is 0.282 e. The van der Waals surface area contributed by atoms with E-state index >= 15 is 0 Å². The summed E-state index contributed by atoms with van der Waals surface area (Å²) in [4.78, 5) is 26.6. The molecule has 0 saturated heterocycles. The Balaban J connectivity index is 2.29. The van der Waals surface area contributed by atoms with Gasteiger partial charge in [0.15, 0.2) is 5.13 Å². The van der Waals surface area contributed by atoms with Crippen LogP contribution in [0.1, 0.15) is 23.7 Å². The van der Waals surface area contributed by atoms with Gasteiger partial charge in [0.2, 0.25) is 0 Å². The molecule has 0 spiro atoms. The number of rotatable bonds is 6. The topological polar surface area (TPSA) is 97.2 Å². The summed E-state index contributed by atoms with van der Waals surface area (Å²) in [6, 6.07) is 4.40. The molecule has 2 aromatic rings. The van der Waals surface area contributed by atoms with Crippen LogP contribution in [0.2, 0.25) is 0 Å². The molecule has 1 aromatic carbocycles. The van der Waals surface area contributed by atoms with Crippen molar-refractivity contribution in [3.8, 4) is 0 Å². The van der Waals surface area contributed by atoms with Crippen molar-refractivity contribution >= 4 is 33.8 Å². The Kier molecular flexibility index (Phi) is 4.83. The number of aromatic nitrogens is 1. The average molecular weight is 306 g/mol. The van der Waals surface area contributed by atoms with E-state index < -0.39 is 10.8 Å². The molecule has 0 unspecified atom stereocenters. The van der Waals surface area contributed by atoms with Crippen LogP contribution < -0.4 is 10.6 Å². The third-order valence-electron chi connectivity index (χ3n) is 2.67. The molecule has 0 aliphatic heterocycles. The molecule has 1 heterocycles. The molecule has 2 N–H and O–H groups in total. The van der Waals surface area contributed by atoms with Crippen LogP contribution in [0.25, 0.3) is 0 Å². The van der Waals surface area contributed by atoms with Crippen LogP contribution >= 0.6 is 11.3 Å². The molecule has 21 heavy (non-hydrogen) atoms. The molecule has 7 nitrogen and oxygen atoms in total. The first-order valence-electron chi connectivity index (χ1n) is 6.35. The number of carbonyl (C=O) groups excluding carboxylic acids is 1. The first-order chi connectivity index (χ1) is 10.1. The van der Waals surface area contributed by atoms with E-state index in [1.165, 1.54) is 23.5 Å². The third-order valence-corrected chi connectivity index (χ3v) is 3.36. The predicted molar refractivity (Wildman–Crippen MR) is 81.9 cm³/mol. The average Bonchev–Trinajstić information content (AvgIpc) is 2.97. The number of thiazole rings is 1. The first kappa shape index (κ1) is 14.9. The lowest BCUT2D eigenvalue weighted by Gasteiger charge is -2.08. The molecule has 0 bridgehead atoms.